The van der Waals surface area contributed by atoms with Crippen molar-refractivity contribution in [3.63, 3.8) is 0 Å². The second kappa shape index (κ2) is 6.60. The number of nitrogens with zero attached hydrogens (tertiary/aromatic N) is 1. The molecule has 1 atom stereocenters. The Morgan fingerprint density at radius 1 is 1.37 bits per heavy atom. The maximum absolute atomic E-state index is 12.1. The molecule has 1 amide bonds. The predicted octanol–water partition coefficient (Wildman–Crippen LogP) is 3.09. The van der Waals surface area contributed by atoms with Crippen LogP contribution >= 0.6 is 23.2 Å². The molecule has 0 aliphatic carbocycles. The molecule has 19 heavy (non-hydrogen) atoms. The van der Waals surface area contributed by atoms with Crippen molar-refractivity contribution in [2.75, 3.05) is 13.1 Å². The van der Waals surface area contributed by atoms with Gasteiger partial charge in [-0.3, -0.25) is 4.79 Å². The molecule has 1 unspecified atom stereocenters. The van der Waals surface area contributed by atoms with Crippen LogP contribution < -0.4 is 5.32 Å². The fourth-order valence-corrected chi connectivity index (χ4v) is 2.63. The van der Waals surface area contributed by atoms with Gasteiger partial charge in [-0.2, -0.15) is 0 Å². The van der Waals surface area contributed by atoms with Crippen LogP contribution in [-0.4, -0.2) is 29.9 Å². The first-order chi connectivity index (χ1) is 9.09. The van der Waals surface area contributed by atoms with Gasteiger partial charge in [-0.05, 0) is 31.4 Å². The van der Waals surface area contributed by atoms with Crippen molar-refractivity contribution in [2.24, 2.45) is 0 Å². The highest BCUT2D eigenvalue weighted by Crippen LogP contribution is 2.25. The molecule has 1 aliphatic rings. The van der Waals surface area contributed by atoms with Crippen molar-refractivity contribution >= 4 is 29.1 Å². The largest absolute Gasteiger partial charge is 0.341 e. The van der Waals surface area contributed by atoms with Crippen LogP contribution in [0.15, 0.2) is 18.2 Å². The van der Waals surface area contributed by atoms with Crippen molar-refractivity contribution in [3.8, 4) is 0 Å². The third kappa shape index (κ3) is 3.62. The van der Waals surface area contributed by atoms with E-state index >= 15 is 0 Å². The summed E-state index contributed by atoms with van der Waals surface area (Å²) < 4.78 is 0. The van der Waals surface area contributed by atoms with Gasteiger partial charge in [0.25, 0.3) is 0 Å². The fourth-order valence-electron chi connectivity index (χ4n) is 2.25. The normalized spacial score (nSPS) is 16.7. The van der Waals surface area contributed by atoms with Gasteiger partial charge in [0, 0.05) is 19.6 Å². The van der Waals surface area contributed by atoms with Crippen LogP contribution in [0, 0.1) is 0 Å². The maximum atomic E-state index is 12.1. The summed E-state index contributed by atoms with van der Waals surface area (Å²) in [6, 6.07) is 5.33. The number of hydrogen-bond donors (Lipinski definition) is 1. The fraction of sp³-hybridized carbons (Fsp3) is 0.500. The van der Waals surface area contributed by atoms with Crippen LogP contribution in [0.3, 0.4) is 0 Å². The summed E-state index contributed by atoms with van der Waals surface area (Å²) in [6.07, 6.45) is 2.22. The first-order valence-electron chi connectivity index (χ1n) is 6.54. The molecule has 1 heterocycles. The number of amides is 1. The zero-order valence-electron chi connectivity index (χ0n) is 11.0. The number of rotatable bonds is 4. The molecule has 1 aromatic rings. The molecule has 0 radical (unpaired) electrons. The van der Waals surface area contributed by atoms with Gasteiger partial charge in [-0.15, -0.1) is 0 Å². The molecule has 1 saturated heterocycles. The van der Waals surface area contributed by atoms with Crippen LogP contribution in [-0.2, 0) is 11.3 Å². The summed E-state index contributed by atoms with van der Waals surface area (Å²) in [6.45, 7) is 4.19. The van der Waals surface area contributed by atoms with Gasteiger partial charge in [0.15, 0.2) is 0 Å². The van der Waals surface area contributed by atoms with Crippen molar-refractivity contribution in [3.05, 3.63) is 33.8 Å². The van der Waals surface area contributed by atoms with Gasteiger partial charge in [-0.1, -0.05) is 35.3 Å². The van der Waals surface area contributed by atoms with Crippen molar-refractivity contribution < 1.29 is 4.79 Å². The minimum Gasteiger partial charge on any atom is -0.341 e. The molecule has 1 fully saturated rings. The van der Waals surface area contributed by atoms with Gasteiger partial charge in [-0.25, -0.2) is 0 Å². The third-order valence-corrected chi connectivity index (χ3v) is 4.28. The van der Waals surface area contributed by atoms with E-state index in [4.69, 9.17) is 23.2 Å². The number of carbonyl (C=O) groups is 1. The third-order valence-electron chi connectivity index (χ3n) is 3.42. The Bertz CT molecular complexity index is 459. The van der Waals surface area contributed by atoms with Crippen molar-refractivity contribution in [1.82, 2.24) is 10.2 Å². The van der Waals surface area contributed by atoms with Gasteiger partial charge in [0.1, 0.15) is 0 Å². The van der Waals surface area contributed by atoms with E-state index in [0.717, 1.165) is 31.5 Å². The molecule has 0 bridgehead atoms. The molecule has 1 aromatic carbocycles. The lowest BCUT2D eigenvalue weighted by atomic mass is 10.2. The number of halogens is 2. The quantitative estimate of drug-likeness (QED) is 0.927. The van der Waals surface area contributed by atoms with E-state index in [1.54, 1.807) is 6.07 Å². The molecule has 2 rings (SSSR count). The average Bonchev–Trinajstić information content (AvgIpc) is 2.93. The van der Waals surface area contributed by atoms with E-state index in [1.807, 2.05) is 24.0 Å². The molecule has 5 heteroatoms. The number of carbonyl (C=O) groups excluding carboxylic acids is 1. The second-order valence-electron chi connectivity index (χ2n) is 4.85. The first kappa shape index (κ1) is 14.6. The number of likely N-dealkylation sites (tertiary alicyclic amines) is 1. The monoisotopic (exact) mass is 300 g/mol. The van der Waals surface area contributed by atoms with Crippen LogP contribution in [0.2, 0.25) is 10.0 Å². The van der Waals surface area contributed by atoms with Crippen LogP contribution in [0.4, 0.5) is 0 Å². The minimum atomic E-state index is -0.201. The summed E-state index contributed by atoms with van der Waals surface area (Å²) >= 11 is 12.1. The second-order valence-corrected chi connectivity index (χ2v) is 5.63. The van der Waals surface area contributed by atoms with E-state index in [2.05, 4.69) is 5.32 Å². The molecule has 1 N–H and O–H groups in total. The van der Waals surface area contributed by atoms with Gasteiger partial charge >= 0.3 is 0 Å². The van der Waals surface area contributed by atoms with E-state index in [1.165, 1.54) is 0 Å². The summed E-state index contributed by atoms with van der Waals surface area (Å²) in [5, 5.41) is 4.30. The highest BCUT2D eigenvalue weighted by molar-refractivity contribution is 6.42. The number of hydrogen-bond acceptors (Lipinski definition) is 2. The highest BCUT2D eigenvalue weighted by atomic mass is 35.5. The van der Waals surface area contributed by atoms with Crippen molar-refractivity contribution in [1.29, 1.82) is 0 Å². The Morgan fingerprint density at radius 2 is 2.05 bits per heavy atom. The number of benzene rings is 1. The standard InChI is InChI=1S/C14H18Cl2N2O/c1-10(14(19)18-7-2-3-8-18)17-9-11-5-4-6-12(15)13(11)16/h4-6,10,17H,2-3,7-9H2,1H3. The van der Waals surface area contributed by atoms with Crippen LogP contribution in [0.5, 0.6) is 0 Å². The molecule has 3 nitrogen and oxygen atoms in total. The minimum absolute atomic E-state index is 0.163. The Balaban J connectivity index is 1.90. The van der Waals surface area contributed by atoms with Gasteiger partial charge < -0.3 is 10.2 Å². The lowest BCUT2D eigenvalue weighted by molar-refractivity contribution is -0.131. The topological polar surface area (TPSA) is 32.3 Å². The Labute approximate surface area is 123 Å². The lowest BCUT2D eigenvalue weighted by Crippen LogP contribution is -2.43. The summed E-state index contributed by atoms with van der Waals surface area (Å²) in [5.74, 6) is 0.163. The highest BCUT2D eigenvalue weighted by Gasteiger charge is 2.22. The maximum Gasteiger partial charge on any atom is 0.239 e. The van der Waals surface area contributed by atoms with Crippen LogP contribution in [0.1, 0.15) is 25.3 Å². The van der Waals surface area contributed by atoms with Crippen LogP contribution in [0.25, 0.3) is 0 Å². The molecule has 0 spiro atoms. The summed E-state index contributed by atoms with van der Waals surface area (Å²) in [4.78, 5) is 14.0. The summed E-state index contributed by atoms with van der Waals surface area (Å²) in [7, 11) is 0. The van der Waals surface area contributed by atoms with E-state index in [0.29, 0.717) is 16.6 Å². The van der Waals surface area contributed by atoms with Gasteiger partial charge in [0.05, 0.1) is 16.1 Å². The van der Waals surface area contributed by atoms with E-state index in [9.17, 15) is 4.79 Å². The molecule has 0 saturated carbocycles. The smallest absolute Gasteiger partial charge is 0.239 e. The molecular weight excluding hydrogens is 283 g/mol. The molecule has 1 aliphatic heterocycles. The lowest BCUT2D eigenvalue weighted by Gasteiger charge is -2.21. The van der Waals surface area contributed by atoms with E-state index < -0.39 is 0 Å². The van der Waals surface area contributed by atoms with E-state index in [-0.39, 0.29) is 11.9 Å². The molecular formula is C14H18Cl2N2O. The van der Waals surface area contributed by atoms with Crippen molar-refractivity contribution in [2.45, 2.75) is 32.4 Å². The first-order valence-corrected chi connectivity index (χ1v) is 7.30. The Hall–Kier alpha value is -0.770. The number of nitrogens with one attached hydrogen (secondary N) is 1. The van der Waals surface area contributed by atoms with Gasteiger partial charge in [0.2, 0.25) is 5.91 Å². The Morgan fingerprint density at radius 3 is 2.74 bits per heavy atom. The Kier molecular flexibility index (Phi) is 5.08. The average molecular weight is 301 g/mol. The zero-order chi connectivity index (χ0) is 13.8. The molecule has 0 aromatic heterocycles. The molecule has 104 valence electrons. The predicted molar refractivity (Wildman–Crippen MR) is 78.6 cm³/mol. The summed E-state index contributed by atoms with van der Waals surface area (Å²) in [5.41, 5.74) is 0.912. The SMILES string of the molecule is CC(NCc1cccc(Cl)c1Cl)C(=O)N1CCCC1. The zero-order valence-corrected chi connectivity index (χ0v) is 12.5.